The molecule has 0 amide bonds. The topological polar surface area (TPSA) is 93.1 Å². The lowest BCUT2D eigenvalue weighted by Crippen LogP contribution is -2.46. The van der Waals surface area contributed by atoms with Gasteiger partial charge < -0.3 is 5.11 Å². The molecule has 2 aliphatic rings. The molecular weight excluding hydrogens is 466 g/mol. The number of hydrogen-bond acceptors (Lipinski definition) is 7. The van der Waals surface area contributed by atoms with Gasteiger partial charge in [-0.2, -0.15) is 8.42 Å². The summed E-state index contributed by atoms with van der Waals surface area (Å²) >= 11 is 0. The van der Waals surface area contributed by atoms with E-state index >= 15 is 0 Å². The van der Waals surface area contributed by atoms with Gasteiger partial charge in [-0.3, -0.25) is 9.02 Å². The molecule has 8 heteroatoms. The van der Waals surface area contributed by atoms with Gasteiger partial charge in [-0.05, 0) is 64.2 Å². The van der Waals surface area contributed by atoms with Crippen molar-refractivity contribution >= 4 is 16.1 Å². The third-order valence-corrected chi connectivity index (χ3v) is 8.10. The highest BCUT2D eigenvalue weighted by Gasteiger charge is 2.56. The van der Waals surface area contributed by atoms with E-state index in [1.54, 1.807) is 17.2 Å². The molecule has 35 heavy (non-hydrogen) atoms. The minimum Gasteiger partial charge on any atom is -0.385 e. The van der Waals surface area contributed by atoms with Crippen LogP contribution in [-0.2, 0) is 29.5 Å². The lowest BCUT2D eigenvalue weighted by molar-refractivity contribution is -0.204. The molecule has 4 rings (SSSR count). The quantitative estimate of drug-likeness (QED) is 0.474. The molecule has 1 heterocycles. The van der Waals surface area contributed by atoms with Crippen molar-refractivity contribution in [1.82, 2.24) is 5.06 Å². The zero-order valence-electron chi connectivity index (χ0n) is 20.6. The van der Waals surface area contributed by atoms with Gasteiger partial charge in [-0.25, -0.2) is 9.86 Å². The van der Waals surface area contributed by atoms with Crippen LogP contribution < -0.4 is 0 Å². The van der Waals surface area contributed by atoms with E-state index in [2.05, 4.69) is 0 Å². The number of aliphatic hydroxyl groups is 1. The first-order valence-electron chi connectivity index (χ1n) is 11.9. The number of rotatable bonds is 6. The van der Waals surface area contributed by atoms with Crippen LogP contribution in [0.1, 0.15) is 44.7 Å². The smallest absolute Gasteiger partial charge is 0.296 e. The predicted molar refractivity (Wildman–Crippen MR) is 131 cm³/mol. The monoisotopic (exact) mass is 499 g/mol. The molecule has 1 aliphatic heterocycles. The van der Waals surface area contributed by atoms with Crippen molar-refractivity contribution in [1.29, 1.82) is 0 Å². The second-order valence-corrected chi connectivity index (χ2v) is 12.2. The molecule has 0 aromatic heterocycles. The van der Waals surface area contributed by atoms with Gasteiger partial charge in [0.05, 0.1) is 29.2 Å². The minimum absolute atomic E-state index is 0.0919. The summed E-state index contributed by atoms with van der Waals surface area (Å²) in [7, 11) is -3.96. The molecule has 4 unspecified atom stereocenters. The highest BCUT2D eigenvalue weighted by atomic mass is 32.2. The van der Waals surface area contributed by atoms with Crippen molar-refractivity contribution in [3.63, 3.8) is 0 Å². The molecule has 1 N–H and O–H groups in total. The summed E-state index contributed by atoms with van der Waals surface area (Å²) in [5.41, 5.74) is 0.204. The summed E-state index contributed by atoms with van der Waals surface area (Å²) in [5.74, 6) is 1.09. The van der Waals surface area contributed by atoms with Gasteiger partial charge in [0.25, 0.3) is 10.1 Å². The molecule has 1 aliphatic carbocycles. The van der Waals surface area contributed by atoms with Crippen LogP contribution in [0.4, 0.5) is 0 Å². The van der Waals surface area contributed by atoms with E-state index in [1.165, 1.54) is 12.1 Å². The van der Waals surface area contributed by atoms with Gasteiger partial charge >= 0.3 is 0 Å². The van der Waals surface area contributed by atoms with Crippen LogP contribution in [0.25, 0.3) is 0 Å². The fourth-order valence-electron chi connectivity index (χ4n) is 5.26. The van der Waals surface area contributed by atoms with Gasteiger partial charge in [0, 0.05) is 11.8 Å². The van der Waals surface area contributed by atoms with E-state index in [4.69, 9.17) is 9.02 Å². The zero-order valence-corrected chi connectivity index (χ0v) is 21.4. The Hall–Kier alpha value is -2.48. The standard InChI is InChI=1S/C27H33NO6S/c1-19-10-12-22(13-11-19)35(31,32)33-18-20-14-23-24(16-28(25(23)17-29)34-26(2,3)4)27(30,15-20)21-8-6-5-7-9-21/h5-13,20,23-24,30H,14-16,18H2,1-4H3. The lowest BCUT2D eigenvalue weighted by Gasteiger charge is -2.44. The van der Waals surface area contributed by atoms with Crippen LogP contribution in [0, 0.1) is 24.7 Å². The van der Waals surface area contributed by atoms with Crippen molar-refractivity contribution in [2.24, 2.45) is 17.8 Å². The Bertz CT molecular complexity index is 1200. The molecule has 2 fully saturated rings. The molecule has 0 bridgehead atoms. The number of hydroxylamine groups is 2. The van der Waals surface area contributed by atoms with Gasteiger partial charge in [0.1, 0.15) is 11.6 Å². The predicted octanol–water partition coefficient (Wildman–Crippen LogP) is 3.99. The first kappa shape index (κ1) is 25.6. The molecule has 0 radical (unpaired) electrons. The van der Waals surface area contributed by atoms with E-state index in [-0.39, 0.29) is 29.3 Å². The van der Waals surface area contributed by atoms with E-state index in [0.29, 0.717) is 25.1 Å². The normalized spacial score (nSPS) is 26.9. The first-order chi connectivity index (χ1) is 16.4. The minimum atomic E-state index is -3.96. The summed E-state index contributed by atoms with van der Waals surface area (Å²) in [6, 6.07) is 15.8. The van der Waals surface area contributed by atoms with E-state index in [0.717, 1.165) is 11.1 Å². The first-order valence-corrected chi connectivity index (χ1v) is 13.3. The third-order valence-electron chi connectivity index (χ3n) is 6.80. The zero-order chi connectivity index (χ0) is 25.4. The average Bonchev–Trinajstić information content (AvgIpc) is 3.15. The number of carbonyl (C=O) groups excluding carboxylic acids is 1. The molecule has 2 aromatic rings. The van der Waals surface area contributed by atoms with Crippen LogP contribution in [-0.4, -0.2) is 43.3 Å². The Labute approximate surface area is 207 Å². The summed E-state index contributed by atoms with van der Waals surface area (Å²) in [5, 5.41) is 13.6. The van der Waals surface area contributed by atoms with Gasteiger partial charge in [-0.1, -0.05) is 48.0 Å². The molecule has 4 atom stereocenters. The van der Waals surface area contributed by atoms with E-state index < -0.39 is 21.3 Å². The summed E-state index contributed by atoms with van der Waals surface area (Å²) in [6.07, 6.45) is 0.787. The molecular formula is C27H33NO6S. The average molecular weight is 500 g/mol. The lowest BCUT2D eigenvalue weighted by atomic mass is 9.63. The Kier molecular flexibility index (Phi) is 6.97. The SMILES string of the molecule is Cc1ccc(S(=O)(=O)OCC2CC3C(=C=O)N(OC(C)(C)C)CC3C(O)(c3ccccc3)C2)cc1. The van der Waals surface area contributed by atoms with Crippen molar-refractivity contribution in [3.05, 3.63) is 71.4 Å². The van der Waals surface area contributed by atoms with E-state index in [1.807, 2.05) is 64.0 Å². The summed E-state index contributed by atoms with van der Waals surface area (Å²) in [4.78, 5) is 18.2. The Morgan fingerprint density at radius 3 is 2.37 bits per heavy atom. The maximum Gasteiger partial charge on any atom is 0.296 e. The van der Waals surface area contributed by atoms with Crippen molar-refractivity contribution in [3.8, 4) is 0 Å². The molecule has 1 saturated heterocycles. The van der Waals surface area contributed by atoms with Crippen molar-refractivity contribution < 1.29 is 27.3 Å². The number of hydrogen-bond donors (Lipinski definition) is 1. The number of nitrogens with zero attached hydrogens (tertiary/aromatic N) is 1. The summed E-state index contributed by atoms with van der Waals surface area (Å²) in [6.45, 7) is 7.81. The maximum atomic E-state index is 12.8. The molecule has 2 aromatic carbocycles. The van der Waals surface area contributed by atoms with Gasteiger partial charge in [0.15, 0.2) is 0 Å². The Morgan fingerprint density at radius 2 is 1.77 bits per heavy atom. The fourth-order valence-corrected chi connectivity index (χ4v) is 6.24. The van der Waals surface area contributed by atoms with Crippen LogP contribution >= 0.6 is 0 Å². The number of allylic oxidation sites excluding steroid dienone is 1. The largest absolute Gasteiger partial charge is 0.385 e. The number of fused-ring (bicyclic) bond motifs is 1. The maximum absolute atomic E-state index is 12.8. The highest BCUT2D eigenvalue weighted by molar-refractivity contribution is 7.86. The van der Waals surface area contributed by atoms with Crippen LogP contribution in [0.5, 0.6) is 0 Å². The molecule has 0 spiro atoms. The van der Waals surface area contributed by atoms with Gasteiger partial charge in [-0.15, -0.1) is 0 Å². The highest BCUT2D eigenvalue weighted by Crippen LogP contribution is 2.53. The van der Waals surface area contributed by atoms with E-state index in [9.17, 15) is 18.3 Å². The van der Waals surface area contributed by atoms with Crippen molar-refractivity contribution in [2.45, 2.75) is 56.6 Å². The molecule has 1 saturated carbocycles. The van der Waals surface area contributed by atoms with Gasteiger partial charge in [0.2, 0.25) is 0 Å². The molecule has 188 valence electrons. The van der Waals surface area contributed by atoms with Crippen LogP contribution in [0.3, 0.4) is 0 Å². The number of aryl methyl sites for hydroxylation is 1. The molecule has 7 nitrogen and oxygen atoms in total. The third kappa shape index (κ3) is 5.37. The van der Waals surface area contributed by atoms with Crippen LogP contribution in [0.15, 0.2) is 65.2 Å². The Balaban J connectivity index is 1.63. The summed E-state index contributed by atoms with van der Waals surface area (Å²) < 4.78 is 31.0. The van der Waals surface area contributed by atoms with Crippen molar-refractivity contribution in [2.75, 3.05) is 13.2 Å². The Morgan fingerprint density at radius 1 is 1.11 bits per heavy atom. The number of benzene rings is 2. The van der Waals surface area contributed by atoms with Crippen LogP contribution in [0.2, 0.25) is 0 Å². The second-order valence-electron chi connectivity index (χ2n) is 10.6. The fraction of sp³-hybridized carbons (Fsp3) is 0.481. The second kappa shape index (κ2) is 9.52.